The summed E-state index contributed by atoms with van der Waals surface area (Å²) >= 11 is 0. The normalized spacial score (nSPS) is 11.7. The minimum atomic E-state index is -0.235. The van der Waals surface area contributed by atoms with Crippen LogP contribution in [0, 0.1) is 5.82 Å². The number of rotatable bonds is 5. The second-order valence-corrected chi connectivity index (χ2v) is 5.43. The highest BCUT2D eigenvalue weighted by atomic mass is 127. The Balaban J connectivity index is 0.00000361. The number of hydrogen-bond donors (Lipinski definition) is 3. The molecule has 0 aliphatic heterocycles. The van der Waals surface area contributed by atoms with Crippen molar-refractivity contribution in [3.05, 3.63) is 30.1 Å². The molecule has 0 heterocycles. The fourth-order valence-electron chi connectivity index (χ4n) is 1.53. The number of nitrogens with one attached hydrogen (secondary N) is 2. The number of benzene rings is 1. The van der Waals surface area contributed by atoms with Gasteiger partial charge in [-0.1, -0.05) is 6.07 Å². The van der Waals surface area contributed by atoms with Crippen molar-refractivity contribution in [2.45, 2.75) is 32.7 Å². The first kappa shape index (κ1) is 18.9. The van der Waals surface area contributed by atoms with E-state index in [1.165, 1.54) is 12.1 Å². The van der Waals surface area contributed by atoms with E-state index in [2.05, 4.69) is 15.6 Å². The topological polar surface area (TPSA) is 62.4 Å². The van der Waals surface area contributed by atoms with Crippen LogP contribution in [0.1, 0.15) is 27.2 Å². The van der Waals surface area contributed by atoms with E-state index < -0.39 is 0 Å². The zero-order valence-electron chi connectivity index (χ0n) is 12.2. The summed E-state index contributed by atoms with van der Waals surface area (Å²) in [4.78, 5) is 4.23. The molecule has 0 spiro atoms. The third-order valence-corrected chi connectivity index (χ3v) is 2.27. The van der Waals surface area contributed by atoms with Crippen LogP contribution in [0.5, 0.6) is 0 Å². The number of guanidine groups is 1. The molecule has 0 aromatic heterocycles. The number of nitrogens with zero attached hydrogens (tertiary/aromatic N) is 1. The molecule has 0 aliphatic rings. The van der Waals surface area contributed by atoms with Crippen molar-refractivity contribution < 1.29 is 4.39 Å². The molecule has 1 aromatic rings. The van der Waals surface area contributed by atoms with Crippen molar-refractivity contribution in [2.75, 3.05) is 18.4 Å². The van der Waals surface area contributed by atoms with Gasteiger partial charge in [0.1, 0.15) is 5.82 Å². The van der Waals surface area contributed by atoms with Gasteiger partial charge in [0.25, 0.3) is 0 Å². The summed E-state index contributed by atoms with van der Waals surface area (Å²) in [5.74, 6) is 0.222. The quantitative estimate of drug-likeness (QED) is 0.312. The molecular formula is C14H24FIN4. The molecule has 0 radical (unpaired) electrons. The molecular weight excluding hydrogens is 370 g/mol. The average Bonchev–Trinajstić information content (AvgIpc) is 2.26. The van der Waals surface area contributed by atoms with Gasteiger partial charge in [0.2, 0.25) is 0 Å². The summed E-state index contributed by atoms with van der Waals surface area (Å²) in [5.41, 5.74) is 6.45. The van der Waals surface area contributed by atoms with Crippen LogP contribution in [-0.4, -0.2) is 24.6 Å². The lowest BCUT2D eigenvalue weighted by molar-refractivity contribution is 0.508. The van der Waals surface area contributed by atoms with Crippen molar-refractivity contribution in [2.24, 2.45) is 10.7 Å². The predicted molar refractivity (Wildman–Crippen MR) is 94.3 cm³/mol. The molecule has 1 aromatic carbocycles. The highest BCUT2D eigenvalue weighted by Crippen LogP contribution is 2.08. The average molecular weight is 394 g/mol. The molecule has 0 fully saturated rings. The van der Waals surface area contributed by atoms with Gasteiger partial charge in [-0.2, -0.15) is 0 Å². The van der Waals surface area contributed by atoms with Crippen LogP contribution in [0.25, 0.3) is 0 Å². The Morgan fingerprint density at radius 3 is 2.65 bits per heavy atom. The van der Waals surface area contributed by atoms with E-state index in [0.717, 1.165) is 18.7 Å². The first-order chi connectivity index (χ1) is 8.87. The molecule has 0 unspecified atom stereocenters. The van der Waals surface area contributed by atoms with Crippen LogP contribution in [0.4, 0.5) is 10.1 Å². The Morgan fingerprint density at radius 1 is 1.35 bits per heavy atom. The highest BCUT2D eigenvalue weighted by molar-refractivity contribution is 14.0. The molecule has 6 heteroatoms. The second-order valence-electron chi connectivity index (χ2n) is 5.43. The summed E-state index contributed by atoms with van der Waals surface area (Å²) in [5, 5.41) is 6.23. The van der Waals surface area contributed by atoms with Gasteiger partial charge < -0.3 is 16.4 Å². The van der Waals surface area contributed by atoms with Crippen LogP contribution in [-0.2, 0) is 0 Å². The Kier molecular flexibility index (Phi) is 8.52. The van der Waals surface area contributed by atoms with Crippen molar-refractivity contribution in [1.82, 2.24) is 5.32 Å². The molecule has 4 nitrogen and oxygen atoms in total. The number of halogens is 2. The number of hydrogen-bond acceptors (Lipinski definition) is 2. The molecule has 0 amide bonds. The molecule has 0 saturated carbocycles. The number of anilines is 1. The van der Waals surface area contributed by atoms with Crippen molar-refractivity contribution in [1.29, 1.82) is 0 Å². The summed E-state index contributed by atoms with van der Waals surface area (Å²) in [6.45, 7) is 7.45. The van der Waals surface area contributed by atoms with Gasteiger partial charge in [0, 0.05) is 24.3 Å². The zero-order chi connectivity index (χ0) is 14.3. The van der Waals surface area contributed by atoms with Crippen LogP contribution in [0.3, 0.4) is 0 Å². The van der Waals surface area contributed by atoms with E-state index >= 15 is 0 Å². The van der Waals surface area contributed by atoms with E-state index in [-0.39, 0.29) is 35.3 Å². The third kappa shape index (κ3) is 8.95. The number of aliphatic imine (C=N–C) groups is 1. The van der Waals surface area contributed by atoms with Crippen LogP contribution in [0.15, 0.2) is 29.3 Å². The SMILES string of the molecule is CC(C)(C)NC(N)=NCCCNc1cccc(F)c1.I. The first-order valence-electron chi connectivity index (χ1n) is 6.44. The van der Waals surface area contributed by atoms with Crippen molar-refractivity contribution in [3.8, 4) is 0 Å². The lowest BCUT2D eigenvalue weighted by atomic mass is 10.1. The summed E-state index contributed by atoms with van der Waals surface area (Å²) in [6.07, 6.45) is 0.836. The summed E-state index contributed by atoms with van der Waals surface area (Å²) in [7, 11) is 0. The maximum atomic E-state index is 12.9. The summed E-state index contributed by atoms with van der Waals surface area (Å²) in [6, 6.07) is 6.41. The standard InChI is InChI=1S/C14H23FN4.HI/c1-14(2,3)19-13(16)18-9-5-8-17-12-7-4-6-11(15)10-12;/h4,6-7,10,17H,5,8-9H2,1-3H3,(H3,16,18,19);1H. The molecule has 0 atom stereocenters. The lowest BCUT2D eigenvalue weighted by Gasteiger charge is -2.20. The molecule has 114 valence electrons. The van der Waals surface area contributed by atoms with Gasteiger partial charge in [-0.3, -0.25) is 4.99 Å². The largest absolute Gasteiger partial charge is 0.385 e. The predicted octanol–water partition coefficient (Wildman–Crippen LogP) is 2.95. The van der Waals surface area contributed by atoms with Gasteiger partial charge in [0.15, 0.2) is 5.96 Å². The Hall–Kier alpha value is -1.05. The molecule has 20 heavy (non-hydrogen) atoms. The fraction of sp³-hybridized carbons (Fsp3) is 0.500. The zero-order valence-corrected chi connectivity index (χ0v) is 14.6. The Labute approximate surface area is 137 Å². The van der Waals surface area contributed by atoms with Crippen LogP contribution < -0.4 is 16.4 Å². The van der Waals surface area contributed by atoms with Gasteiger partial charge >= 0.3 is 0 Å². The molecule has 0 aliphatic carbocycles. The van der Waals surface area contributed by atoms with Crippen LogP contribution in [0.2, 0.25) is 0 Å². The summed E-state index contributed by atoms with van der Waals surface area (Å²) < 4.78 is 12.9. The third-order valence-electron chi connectivity index (χ3n) is 2.27. The lowest BCUT2D eigenvalue weighted by Crippen LogP contribution is -2.45. The van der Waals surface area contributed by atoms with E-state index in [0.29, 0.717) is 12.5 Å². The number of nitrogens with two attached hydrogens (primary N) is 1. The highest BCUT2D eigenvalue weighted by Gasteiger charge is 2.09. The van der Waals surface area contributed by atoms with E-state index in [9.17, 15) is 4.39 Å². The maximum absolute atomic E-state index is 12.9. The molecule has 0 saturated heterocycles. The van der Waals surface area contributed by atoms with Gasteiger partial charge in [-0.15, -0.1) is 24.0 Å². The van der Waals surface area contributed by atoms with Gasteiger partial charge in [-0.05, 0) is 45.4 Å². The van der Waals surface area contributed by atoms with Crippen molar-refractivity contribution >= 4 is 35.6 Å². The van der Waals surface area contributed by atoms with E-state index in [1.807, 2.05) is 26.8 Å². The molecule has 1 rings (SSSR count). The minimum absolute atomic E-state index is 0. The molecule has 4 N–H and O–H groups in total. The van der Waals surface area contributed by atoms with E-state index in [4.69, 9.17) is 5.73 Å². The van der Waals surface area contributed by atoms with Crippen LogP contribution >= 0.6 is 24.0 Å². The molecule has 0 bridgehead atoms. The van der Waals surface area contributed by atoms with E-state index in [1.54, 1.807) is 6.07 Å². The Bertz CT molecular complexity index is 429. The smallest absolute Gasteiger partial charge is 0.188 e. The first-order valence-corrected chi connectivity index (χ1v) is 6.44. The second kappa shape index (κ2) is 8.99. The Morgan fingerprint density at radius 2 is 2.05 bits per heavy atom. The minimum Gasteiger partial charge on any atom is -0.385 e. The fourth-order valence-corrected chi connectivity index (χ4v) is 1.53. The van der Waals surface area contributed by atoms with Crippen molar-refractivity contribution in [3.63, 3.8) is 0 Å². The van der Waals surface area contributed by atoms with Gasteiger partial charge in [-0.25, -0.2) is 4.39 Å². The monoisotopic (exact) mass is 394 g/mol. The maximum Gasteiger partial charge on any atom is 0.188 e. The van der Waals surface area contributed by atoms with Gasteiger partial charge in [0.05, 0.1) is 0 Å².